The fourth-order valence-electron chi connectivity index (χ4n) is 10.5. The molecule has 402 valence electrons. The number of carbonyl (C=O) groups excluding carboxylic acids is 3. The molecule has 0 saturated carbocycles. The van der Waals surface area contributed by atoms with Gasteiger partial charge in [-0.05, 0) is 118 Å². The number of hydrogen-bond donors (Lipinski definition) is 0. The van der Waals surface area contributed by atoms with Crippen molar-refractivity contribution in [1.29, 1.82) is 0 Å². The van der Waals surface area contributed by atoms with E-state index < -0.39 is 83.0 Å². The zero-order chi connectivity index (χ0) is 53.4. The average molecular weight is 1040 g/mol. The third kappa shape index (κ3) is 16.9. The molecule has 2 aliphatic heterocycles. The highest BCUT2D eigenvalue weighted by Crippen LogP contribution is 2.43. The minimum Gasteiger partial charge on any atom is -0.457 e. The Labute approximate surface area is 431 Å². The maximum atomic E-state index is 14.4. The second kappa shape index (κ2) is 27.9. The van der Waals surface area contributed by atoms with Crippen molar-refractivity contribution in [3.05, 3.63) is 70.3 Å². The van der Waals surface area contributed by atoms with E-state index in [0.29, 0.717) is 6.42 Å². The van der Waals surface area contributed by atoms with Gasteiger partial charge in [0, 0.05) is 43.4 Å². The maximum Gasteiger partial charge on any atom is 0.321 e. The lowest BCUT2D eigenvalue weighted by atomic mass is 9.77. The van der Waals surface area contributed by atoms with Gasteiger partial charge in [-0.3, -0.25) is 24.5 Å². The number of carbonyl (C=O) groups is 3. The summed E-state index contributed by atoms with van der Waals surface area (Å²) in [6.45, 7) is 33.5. The van der Waals surface area contributed by atoms with Gasteiger partial charge in [0.2, 0.25) is 0 Å². The molecule has 1 saturated heterocycles. The van der Waals surface area contributed by atoms with Crippen LogP contribution in [0.4, 0.5) is 5.69 Å². The number of hydrogen-bond acceptors (Lipinski definition) is 12. The van der Waals surface area contributed by atoms with Crippen molar-refractivity contribution in [2.45, 2.75) is 240 Å². The maximum absolute atomic E-state index is 14.4. The largest absolute Gasteiger partial charge is 0.457 e. The fraction of sp³-hybridized carbons (Fsp3) is 0.727. The lowest BCUT2D eigenvalue weighted by molar-refractivity contribution is -0.384. The first-order chi connectivity index (χ1) is 33.5. The van der Waals surface area contributed by atoms with Crippen molar-refractivity contribution in [2.75, 3.05) is 0 Å². The van der Waals surface area contributed by atoms with Gasteiger partial charge in [0.05, 0.1) is 35.3 Å². The van der Waals surface area contributed by atoms with Gasteiger partial charge in [0.1, 0.15) is 23.4 Å². The number of non-ortho nitro benzene ring substituents is 1. The first-order valence-corrected chi connectivity index (χ1v) is 34.7. The van der Waals surface area contributed by atoms with E-state index in [0.717, 1.165) is 66.4 Å². The Kier molecular flexibility index (Phi) is 24.3. The van der Waals surface area contributed by atoms with Gasteiger partial charge >= 0.3 is 17.9 Å². The second-order valence-electron chi connectivity index (χ2n) is 20.9. The molecular weight excluding hydrogens is 951 g/mol. The molecule has 0 aromatic heterocycles. The number of nitro benzene ring substituents is 1. The van der Waals surface area contributed by atoms with Crippen LogP contribution in [0.25, 0.3) is 0 Å². The van der Waals surface area contributed by atoms with Gasteiger partial charge in [0.25, 0.3) is 5.69 Å². The molecule has 0 aliphatic carbocycles. The van der Waals surface area contributed by atoms with E-state index in [1.54, 1.807) is 13.0 Å². The van der Waals surface area contributed by atoms with Crippen molar-refractivity contribution in [2.24, 2.45) is 17.3 Å². The molecule has 10 atom stereocenters. The minimum atomic E-state index is -2.29. The Balaban J connectivity index is 2.09. The molecule has 2 aliphatic rings. The van der Waals surface area contributed by atoms with Crippen LogP contribution in [0.3, 0.4) is 0 Å². The van der Waals surface area contributed by atoms with E-state index in [2.05, 4.69) is 89.2 Å². The highest BCUT2D eigenvalue weighted by atomic mass is 28.4. The van der Waals surface area contributed by atoms with Crippen LogP contribution >= 0.6 is 0 Å². The van der Waals surface area contributed by atoms with Gasteiger partial charge in [-0.25, -0.2) is 0 Å². The van der Waals surface area contributed by atoms with Crippen LogP contribution in [-0.4, -0.2) is 90.0 Å². The van der Waals surface area contributed by atoms with Crippen LogP contribution in [0.15, 0.2) is 60.2 Å². The minimum absolute atomic E-state index is 0.0327. The normalized spacial score (nSPS) is 26.0. The average Bonchev–Trinajstić information content (AvgIpc) is 4.12. The Morgan fingerprint density at radius 3 is 1.96 bits per heavy atom. The van der Waals surface area contributed by atoms with E-state index >= 15 is 0 Å². The van der Waals surface area contributed by atoms with Crippen molar-refractivity contribution >= 4 is 48.5 Å². The zero-order valence-electron chi connectivity index (χ0n) is 46.6. The molecule has 0 bridgehead atoms. The number of epoxide rings is 1. The lowest BCUT2D eigenvalue weighted by Crippen LogP contribution is -2.46. The Hall–Kier alpha value is -3.26. The van der Waals surface area contributed by atoms with Gasteiger partial charge < -0.3 is 32.2 Å². The smallest absolute Gasteiger partial charge is 0.321 e. The van der Waals surface area contributed by atoms with Crippen molar-refractivity contribution < 1.29 is 51.5 Å². The van der Waals surface area contributed by atoms with Gasteiger partial charge in [-0.1, -0.05) is 107 Å². The topological polar surface area (TPSA) is 162 Å². The van der Waals surface area contributed by atoms with E-state index in [4.69, 9.17) is 32.2 Å². The fourth-order valence-corrected chi connectivity index (χ4v) is 19.6. The molecule has 16 heteroatoms. The summed E-state index contributed by atoms with van der Waals surface area (Å²) >= 11 is 0. The quantitative estimate of drug-likeness (QED) is 0.0120. The number of esters is 3. The van der Waals surface area contributed by atoms with Gasteiger partial charge in [-0.2, -0.15) is 0 Å². The number of nitro groups is 1. The predicted molar refractivity (Wildman–Crippen MR) is 291 cm³/mol. The summed E-state index contributed by atoms with van der Waals surface area (Å²) in [5.41, 5.74) is -1.43. The summed E-state index contributed by atoms with van der Waals surface area (Å²) < 4.78 is 46.2. The molecule has 1 aromatic rings. The van der Waals surface area contributed by atoms with E-state index in [-0.39, 0.29) is 54.9 Å². The number of rotatable bonds is 27. The predicted octanol–water partition coefficient (Wildman–Crippen LogP) is 14.0. The molecule has 71 heavy (non-hydrogen) atoms. The molecular formula is C55H93NO12Si3. The summed E-state index contributed by atoms with van der Waals surface area (Å²) in [5, 5.41) is 11.4. The molecule has 13 nitrogen and oxygen atoms in total. The van der Waals surface area contributed by atoms with Crippen molar-refractivity contribution in [1.82, 2.24) is 0 Å². The van der Waals surface area contributed by atoms with Crippen LogP contribution in [0.1, 0.15) is 143 Å². The second-order valence-corrected chi connectivity index (χ2v) is 35.0. The molecule has 10 unspecified atom stereocenters. The molecule has 0 spiro atoms. The monoisotopic (exact) mass is 1040 g/mol. The Bertz CT molecular complexity index is 1940. The first kappa shape index (κ1) is 62.0. The van der Waals surface area contributed by atoms with Gasteiger partial charge in [-0.15, -0.1) is 0 Å². The van der Waals surface area contributed by atoms with E-state index in [1.807, 2.05) is 32.1 Å². The number of nitrogens with zero attached hydrogens (tertiary/aromatic N) is 1. The highest BCUT2D eigenvalue weighted by molar-refractivity contribution is 6.74. The molecule has 0 N–H and O–H groups in total. The molecule has 2 heterocycles. The Morgan fingerprint density at radius 2 is 1.45 bits per heavy atom. The van der Waals surface area contributed by atoms with Crippen molar-refractivity contribution in [3.8, 4) is 5.75 Å². The first-order valence-electron chi connectivity index (χ1n) is 27.1. The zero-order valence-corrected chi connectivity index (χ0v) is 49.6. The van der Waals surface area contributed by atoms with Crippen LogP contribution < -0.4 is 4.74 Å². The number of benzene rings is 1. The lowest BCUT2D eigenvalue weighted by Gasteiger charge is -2.39. The van der Waals surface area contributed by atoms with E-state index in [1.165, 1.54) is 31.2 Å². The third-order valence-corrected chi connectivity index (χ3v) is 30.5. The number of cyclic esters (lactones) is 1. The van der Waals surface area contributed by atoms with Crippen LogP contribution in [-0.2, 0) is 41.9 Å². The standard InChI is InChI=1S/C55H93NO12Si3/c1-17-47(67-70(21-5,22-6)23-7)42(13)52-48(64-52)39-54(15,68-71(24-8,25-9)26-10)36-27-28-40(11)51-41(12)29-34-49(62-43(14)57)55(16,53(59)63-45-32-30-44(31-33-45)56(60)61)37-35-46(38-50(58)65-51)66-69(18-2,19-3)20-4/h27-34,36,41-42,46-49,51-52H,17-26,35,37-39H2,1-16H3/b34-29+,36-27+,40-28+. The summed E-state index contributed by atoms with van der Waals surface area (Å²) in [6, 6.07) is 14.1. The van der Waals surface area contributed by atoms with Crippen LogP contribution in [0.2, 0.25) is 54.4 Å². The summed E-state index contributed by atoms with van der Waals surface area (Å²) in [7, 11) is -6.21. The SMILES string of the molecule is CCC(O[Si](CC)(CC)CC)C(C)C1OC1CC(C)(/C=C/C=C(\C)C1OC(=O)CC(O[Si](CC)(CC)CC)CCC(C)(C(=O)Oc2ccc([N+](=O)[O-])cc2)C(OC(C)=O)/C=C/C1C)O[Si](CC)(CC)CC. The molecule has 1 aromatic carbocycles. The van der Waals surface area contributed by atoms with Gasteiger partial charge in [0.15, 0.2) is 25.0 Å². The summed E-state index contributed by atoms with van der Waals surface area (Å²) in [6.07, 6.45) is 9.59. The van der Waals surface area contributed by atoms with E-state index in [9.17, 15) is 24.5 Å². The Morgan fingerprint density at radius 1 is 0.887 bits per heavy atom. The van der Waals surface area contributed by atoms with Crippen LogP contribution in [0, 0.1) is 27.4 Å². The molecule has 0 amide bonds. The van der Waals surface area contributed by atoms with Crippen LogP contribution in [0.5, 0.6) is 5.75 Å². The number of ether oxygens (including phenoxy) is 4. The highest BCUT2D eigenvalue weighted by Gasteiger charge is 2.51. The molecule has 3 rings (SSSR count). The summed E-state index contributed by atoms with van der Waals surface area (Å²) in [4.78, 5) is 52.3. The third-order valence-electron chi connectivity index (χ3n) is 16.4. The number of allylic oxidation sites excluding steroid dienone is 2. The van der Waals surface area contributed by atoms with Crippen molar-refractivity contribution in [3.63, 3.8) is 0 Å². The molecule has 0 radical (unpaired) electrons. The summed E-state index contributed by atoms with van der Waals surface area (Å²) in [5.74, 6) is -1.76. The molecule has 1 fully saturated rings.